The van der Waals surface area contributed by atoms with E-state index in [0.29, 0.717) is 29.7 Å². The number of piperidine rings is 1. The van der Waals surface area contributed by atoms with Gasteiger partial charge < -0.3 is 10.2 Å². The maximum Gasteiger partial charge on any atom is 0.327 e. The number of likely N-dealkylation sites (tertiary alicyclic amines) is 1. The Morgan fingerprint density at radius 2 is 2.03 bits per heavy atom. The molecule has 8 nitrogen and oxygen atoms in total. The molecule has 160 valence electrons. The Bertz CT molecular complexity index is 1230. The number of aromatic amines is 1. The molecule has 2 aromatic heterocycles. The molecule has 5 rings (SSSR count). The molecular formula is C23H25N5O3. The van der Waals surface area contributed by atoms with Crippen molar-refractivity contribution < 1.29 is 9.59 Å². The Morgan fingerprint density at radius 3 is 2.84 bits per heavy atom. The lowest BCUT2D eigenvalue weighted by molar-refractivity contribution is -0.119. The fraction of sp³-hybridized carbons (Fsp3) is 0.391. The van der Waals surface area contributed by atoms with E-state index in [0.717, 1.165) is 36.9 Å². The van der Waals surface area contributed by atoms with Crippen molar-refractivity contribution >= 4 is 23.0 Å². The van der Waals surface area contributed by atoms with Gasteiger partial charge in [0, 0.05) is 55.8 Å². The van der Waals surface area contributed by atoms with Gasteiger partial charge in [0.15, 0.2) is 5.65 Å². The molecule has 3 aromatic rings. The molecule has 4 heterocycles. The summed E-state index contributed by atoms with van der Waals surface area (Å²) in [4.78, 5) is 46.1. The van der Waals surface area contributed by atoms with E-state index in [1.54, 1.807) is 13.2 Å². The molecule has 0 spiro atoms. The molecule has 2 saturated heterocycles. The molecule has 0 saturated carbocycles. The van der Waals surface area contributed by atoms with Crippen molar-refractivity contribution in [1.82, 2.24) is 24.8 Å². The zero-order chi connectivity index (χ0) is 21.5. The average molecular weight is 419 g/mol. The highest BCUT2D eigenvalue weighted by Gasteiger charge is 2.37. The molecule has 0 bridgehead atoms. The lowest BCUT2D eigenvalue weighted by Crippen LogP contribution is -2.48. The monoisotopic (exact) mass is 419 g/mol. The van der Waals surface area contributed by atoms with Crippen LogP contribution in [0.1, 0.15) is 36.0 Å². The molecule has 2 atom stereocenters. The highest BCUT2D eigenvalue weighted by molar-refractivity contribution is 5.96. The Balaban J connectivity index is 1.45. The number of hydrogen-bond donors (Lipinski definition) is 2. The van der Waals surface area contributed by atoms with Crippen LogP contribution in [0, 0.1) is 5.92 Å². The highest BCUT2D eigenvalue weighted by atomic mass is 16.2. The Kier molecular flexibility index (Phi) is 4.84. The van der Waals surface area contributed by atoms with E-state index < -0.39 is 0 Å². The van der Waals surface area contributed by atoms with Gasteiger partial charge >= 0.3 is 5.69 Å². The second-order valence-corrected chi connectivity index (χ2v) is 8.49. The summed E-state index contributed by atoms with van der Waals surface area (Å²) in [6.45, 7) is 1.37. The number of hydrogen-bond acceptors (Lipinski definition) is 4. The van der Waals surface area contributed by atoms with Crippen LogP contribution in [-0.2, 0) is 11.8 Å². The number of amides is 2. The Morgan fingerprint density at radius 1 is 1.16 bits per heavy atom. The summed E-state index contributed by atoms with van der Waals surface area (Å²) < 4.78 is 1.52. The number of rotatable bonds is 3. The number of nitrogens with one attached hydrogen (secondary N) is 2. The fourth-order valence-corrected chi connectivity index (χ4v) is 4.85. The molecule has 0 aliphatic carbocycles. The van der Waals surface area contributed by atoms with Gasteiger partial charge in [-0.15, -0.1) is 0 Å². The normalized spacial score (nSPS) is 21.5. The molecule has 2 fully saturated rings. The molecule has 2 aliphatic rings. The minimum absolute atomic E-state index is 0.00832. The molecule has 2 N–H and O–H groups in total. The van der Waals surface area contributed by atoms with Crippen molar-refractivity contribution in [2.24, 2.45) is 13.0 Å². The van der Waals surface area contributed by atoms with E-state index in [-0.39, 0.29) is 29.5 Å². The van der Waals surface area contributed by atoms with Crippen molar-refractivity contribution in [1.29, 1.82) is 0 Å². The SMILES string of the molecule is Cn1c(=O)[nH]c2ncc(-c3cccc(C(=O)N4CCCCC4C4CNC(=O)C4)c3)cc21. The summed E-state index contributed by atoms with van der Waals surface area (Å²) in [5, 5.41) is 2.91. The molecular weight excluding hydrogens is 394 g/mol. The quantitative estimate of drug-likeness (QED) is 0.679. The van der Waals surface area contributed by atoms with Crippen LogP contribution in [0.3, 0.4) is 0 Å². The van der Waals surface area contributed by atoms with Crippen molar-refractivity contribution in [2.45, 2.75) is 31.7 Å². The summed E-state index contributed by atoms with van der Waals surface area (Å²) >= 11 is 0. The maximum atomic E-state index is 13.5. The molecule has 1 aromatic carbocycles. The number of carbonyl (C=O) groups is 2. The zero-order valence-corrected chi connectivity index (χ0v) is 17.4. The third-order valence-corrected chi connectivity index (χ3v) is 6.57. The first kappa shape index (κ1) is 19.5. The number of carbonyl (C=O) groups excluding carboxylic acids is 2. The van der Waals surface area contributed by atoms with Gasteiger partial charge in [0.05, 0.1) is 5.52 Å². The van der Waals surface area contributed by atoms with Crippen LogP contribution < -0.4 is 11.0 Å². The first-order chi connectivity index (χ1) is 15.0. The number of imidazole rings is 1. The first-order valence-electron chi connectivity index (χ1n) is 10.7. The minimum atomic E-state index is -0.209. The number of nitrogens with zero attached hydrogens (tertiary/aromatic N) is 3. The summed E-state index contributed by atoms with van der Waals surface area (Å²) in [6, 6.07) is 9.55. The van der Waals surface area contributed by atoms with Gasteiger partial charge in [-0.25, -0.2) is 9.78 Å². The van der Waals surface area contributed by atoms with Gasteiger partial charge in [0.25, 0.3) is 5.91 Å². The topological polar surface area (TPSA) is 100 Å². The predicted octanol–water partition coefficient (Wildman–Crippen LogP) is 2.06. The first-order valence-corrected chi connectivity index (χ1v) is 10.7. The van der Waals surface area contributed by atoms with Gasteiger partial charge in [0.1, 0.15) is 0 Å². The van der Waals surface area contributed by atoms with E-state index in [4.69, 9.17) is 0 Å². The summed E-state index contributed by atoms with van der Waals surface area (Å²) in [5.74, 6) is 0.266. The molecule has 8 heteroatoms. The zero-order valence-electron chi connectivity index (χ0n) is 17.4. The van der Waals surface area contributed by atoms with Crippen LogP contribution in [-0.4, -0.2) is 50.4 Å². The number of fused-ring (bicyclic) bond motifs is 1. The van der Waals surface area contributed by atoms with Gasteiger partial charge in [-0.3, -0.25) is 19.1 Å². The van der Waals surface area contributed by atoms with Crippen LogP contribution in [0.5, 0.6) is 0 Å². The molecule has 2 aliphatic heterocycles. The second kappa shape index (κ2) is 7.68. The number of pyridine rings is 1. The van der Waals surface area contributed by atoms with E-state index in [2.05, 4.69) is 15.3 Å². The smallest absolute Gasteiger partial charge is 0.327 e. The summed E-state index contributed by atoms with van der Waals surface area (Å²) in [5.41, 5.74) is 3.40. The predicted molar refractivity (Wildman–Crippen MR) is 117 cm³/mol. The fourth-order valence-electron chi connectivity index (χ4n) is 4.85. The van der Waals surface area contributed by atoms with Gasteiger partial charge in [-0.1, -0.05) is 12.1 Å². The average Bonchev–Trinajstić information content (AvgIpc) is 3.36. The molecule has 2 amide bonds. The van der Waals surface area contributed by atoms with E-state index >= 15 is 0 Å². The van der Waals surface area contributed by atoms with Crippen LogP contribution in [0.4, 0.5) is 0 Å². The van der Waals surface area contributed by atoms with Crippen LogP contribution in [0.25, 0.3) is 22.3 Å². The standard InChI is InChI=1S/C23H25N5O3/c1-27-19-10-16(12-25-21(19)26-23(27)31)14-5-4-6-15(9-14)22(30)28-8-3-2-7-18(28)17-11-20(29)24-13-17/h4-6,9-10,12,17-18H,2-3,7-8,11,13H2,1H3,(H,24,29)(H,25,26,31). The van der Waals surface area contributed by atoms with Crippen molar-refractivity contribution in [2.75, 3.05) is 13.1 Å². The Labute approximate surface area is 179 Å². The summed E-state index contributed by atoms with van der Waals surface area (Å²) in [7, 11) is 1.70. The lowest BCUT2D eigenvalue weighted by atomic mass is 9.89. The molecule has 0 radical (unpaired) electrons. The number of aryl methyl sites for hydroxylation is 1. The van der Waals surface area contributed by atoms with Crippen molar-refractivity contribution in [3.8, 4) is 11.1 Å². The van der Waals surface area contributed by atoms with Crippen LogP contribution in [0.2, 0.25) is 0 Å². The van der Waals surface area contributed by atoms with Crippen molar-refractivity contribution in [3.05, 3.63) is 52.6 Å². The minimum Gasteiger partial charge on any atom is -0.356 e. The third-order valence-electron chi connectivity index (χ3n) is 6.57. The van der Waals surface area contributed by atoms with Crippen LogP contribution >= 0.6 is 0 Å². The highest BCUT2D eigenvalue weighted by Crippen LogP contribution is 2.30. The largest absolute Gasteiger partial charge is 0.356 e. The van der Waals surface area contributed by atoms with Gasteiger partial charge in [0.2, 0.25) is 5.91 Å². The van der Waals surface area contributed by atoms with E-state index in [9.17, 15) is 14.4 Å². The van der Waals surface area contributed by atoms with Crippen LogP contribution in [0.15, 0.2) is 41.3 Å². The van der Waals surface area contributed by atoms with E-state index in [1.165, 1.54) is 4.57 Å². The number of aromatic nitrogens is 3. The molecule has 31 heavy (non-hydrogen) atoms. The van der Waals surface area contributed by atoms with E-state index in [1.807, 2.05) is 35.2 Å². The maximum absolute atomic E-state index is 13.5. The Hall–Kier alpha value is -3.42. The van der Waals surface area contributed by atoms with Gasteiger partial charge in [-0.05, 0) is 43.0 Å². The number of benzene rings is 1. The van der Waals surface area contributed by atoms with Crippen molar-refractivity contribution in [3.63, 3.8) is 0 Å². The molecule has 2 unspecified atom stereocenters. The second-order valence-electron chi connectivity index (χ2n) is 8.49. The lowest BCUT2D eigenvalue weighted by Gasteiger charge is -2.39. The third kappa shape index (κ3) is 3.52. The summed E-state index contributed by atoms with van der Waals surface area (Å²) in [6.07, 6.45) is 5.21. The van der Waals surface area contributed by atoms with Gasteiger partial charge in [-0.2, -0.15) is 0 Å². The number of H-pyrrole nitrogens is 1.